The average Bonchev–Trinajstić information content (AvgIpc) is 2.46. The molecule has 1 aromatic carbocycles. The number of likely N-dealkylation sites (tertiary alicyclic amines) is 1. The number of carboxylic acid groups (broad SMARTS) is 1. The largest absolute Gasteiger partial charge is 0.481 e. The van der Waals surface area contributed by atoms with Crippen molar-refractivity contribution in [2.24, 2.45) is 5.92 Å². The summed E-state index contributed by atoms with van der Waals surface area (Å²) in [6, 6.07) is 7.26. The average molecular weight is 310 g/mol. The zero-order chi connectivity index (χ0) is 15.6. The van der Waals surface area contributed by atoms with Gasteiger partial charge >= 0.3 is 5.97 Å². The fourth-order valence-corrected chi connectivity index (χ4v) is 2.95. The van der Waals surface area contributed by atoms with Gasteiger partial charge in [-0.05, 0) is 44.4 Å². The van der Waals surface area contributed by atoms with Crippen LogP contribution in [-0.2, 0) is 15.0 Å². The van der Waals surface area contributed by atoms with Crippen LogP contribution in [0.3, 0.4) is 0 Å². The first-order valence-corrected chi connectivity index (χ1v) is 7.48. The molecule has 0 radical (unpaired) electrons. The standard InChI is InChI=1S/C16H20ClNO3/c1-16(2,12-6-3-7-13(17)9-12)15(21)18-8-4-5-11(10-18)14(19)20/h3,6-7,9,11H,4-5,8,10H2,1-2H3,(H,19,20). The molecule has 114 valence electrons. The number of hydrogen-bond acceptors (Lipinski definition) is 2. The molecule has 1 aliphatic heterocycles. The molecule has 0 saturated carbocycles. The molecule has 1 fully saturated rings. The maximum atomic E-state index is 12.8. The van der Waals surface area contributed by atoms with Crippen LogP contribution in [0.2, 0.25) is 5.02 Å². The molecule has 21 heavy (non-hydrogen) atoms. The molecule has 0 aliphatic carbocycles. The maximum Gasteiger partial charge on any atom is 0.308 e. The summed E-state index contributed by atoms with van der Waals surface area (Å²) in [4.78, 5) is 25.6. The third-order valence-electron chi connectivity index (χ3n) is 4.14. The van der Waals surface area contributed by atoms with Gasteiger partial charge in [-0.3, -0.25) is 9.59 Å². The lowest BCUT2D eigenvalue weighted by Crippen LogP contribution is -2.49. The zero-order valence-electron chi connectivity index (χ0n) is 12.3. The minimum absolute atomic E-state index is 0.0456. The number of piperidine rings is 1. The summed E-state index contributed by atoms with van der Waals surface area (Å²) in [6.07, 6.45) is 1.37. The molecule has 1 unspecified atom stereocenters. The lowest BCUT2D eigenvalue weighted by atomic mass is 9.82. The fraction of sp³-hybridized carbons (Fsp3) is 0.500. The predicted octanol–water partition coefficient (Wildman–Crippen LogP) is 2.94. The first-order chi connectivity index (χ1) is 9.82. The van der Waals surface area contributed by atoms with Gasteiger partial charge < -0.3 is 10.0 Å². The minimum atomic E-state index is -0.826. The molecule has 2 rings (SSSR count). The summed E-state index contributed by atoms with van der Waals surface area (Å²) >= 11 is 6.00. The Morgan fingerprint density at radius 3 is 2.71 bits per heavy atom. The van der Waals surface area contributed by atoms with Crippen LogP contribution in [0.15, 0.2) is 24.3 Å². The van der Waals surface area contributed by atoms with Gasteiger partial charge in [0.2, 0.25) is 5.91 Å². The van der Waals surface area contributed by atoms with Gasteiger partial charge in [0.1, 0.15) is 0 Å². The van der Waals surface area contributed by atoms with E-state index in [-0.39, 0.29) is 12.5 Å². The molecule has 0 aromatic heterocycles. The summed E-state index contributed by atoms with van der Waals surface area (Å²) in [7, 11) is 0. The quantitative estimate of drug-likeness (QED) is 0.934. The van der Waals surface area contributed by atoms with Crippen LogP contribution in [-0.4, -0.2) is 35.0 Å². The topological polar surface area (TPSA) is 57.6 Å². The molecule has 5 heteroatoms. The Kier molecular flexibility index (Phi) is 4.57. The summed E-state index contributed by atoms with van der Waals surface area (Å²) in [5.74, 6) is -1.33. The third kappa shape index (κ3) is 3.38. The van der Waals surface area contributed by atoms with E-state index in [1.807, 2.05) is 26.0 Å². The van der Waals surface area contributed by atoms with Crippen molar-refractivity contribution in [3.05, 3.63) is 34.9 Å². The molecule has 1 atom stereocenters. The van der Waals surface area contributed by atoms with E-state index in [4.69, 9.17) is 16.7 Å². The van der Waals surface area contributed by atoms with Crippen LogP contribution in [0.25, 0.3) is 0 Å². The second kappa shape index (κ2) is 6.06. The monoisotopic (exact) mass is 309 g/mol. The molecule has 1 saturated heterocycles. The summed E-state index contributed by atoms with van der Waals surface area (Å²) in [5, 5.41) is 9.73. The smallest absolute Gasteiger partial charge is 0.308 e. The minimum Gasteiger partial charge on any atom is -0.481 e. The molecule has 1 heterocycles. The van der Waals surface area contributed by atoms with E-state index in [9.17, 15) is 9.59 Å². The highest BCUT2D eigenvalue weighted by Crippen LogP contribution is 2.29. The number of nitrogens with zero attached hydrogens (tertiary/aromatic N) is 1. The summed E-state index contributed by atoms with van der Waals surface area (Å²) in [6.45, 7) is 4.61. The Bertz CT molecular complexity index is 556. The molecule has 0 bridgehead atoms. The zero-order valence-corrected chi connectivity index (χ0v) is 13.1. The van der Waals surface area contributed by atoms with Crippen molar-refractivity contribution < 1.29 is 14.7 Å². The highest BCUT2D eigenvalue weighted by molar-refractivity contribution is 6.30. The van der Waals surface area contributed by atoms with Gasteiger partial charge in [0.25, 0.3) is 0 Å². The van der Waals surface area contributed by atoms with Gasteiger partial charge in [-0.15, -0.1) is 0 Å². The van der Waals surface area contributed by atoms with Crippen LogP contribution < -0.4 is 0 Å². The second-order valence-corrected chi connectivity index (χ2v) is 6.50. The Labute approximate surface area is 129 Å². The van der Waals surface area contributed by atoms with Crippen molar-refractivity contribution >= 4 is 23.5 Å². The van der Waals surface area contributed by atoms with Crippen molar-refractivity contribution in [2.75, 3.05) is 13.1 Å². The Morgan fingerprint density at radius 2 is 2.10 bits per heavy atom. The first-order valence-electron chi connectivity index (χ1n) is 7.10. The summed E-state index contributed by atoms with van der Waals surface area (Å²) in [5.41, 5.74) is 0.128. The normalized spacial score (nSPS) is 19.4. The number of halogens is 1. The van der Waals surface area contributed by atoms with Crippen LogP contribution in [0, 0.1) is 5.92 Å². The van der Waals surface area contributed by atoms with E-state index in [2.05, 4.69) is 0 Å². The van der Waals surface area contributed by atoms with E-state index in [0.29, 0.717) is 18.0 Å². The predicted molar refractivity (Wildman–Crippen MR) is 81.4 cm³/mol. The van der Waals surface area contributed by atoms with Crippen molar-refractivity contribution in [3.63, 3.8) is 0 Å². The fourth-order valence-electron chi connectivity index (χ4n) is 2.76. The van der Waals surface area contributed by atoms with Gasteiger partial charge in [-0.1, -0.05) is 23.7 Å². The molecule has 1 N–H and O–H groups in total. The molecule has 1 amide bonds. The van der Waals surface area contributed by atoms with Crippen molar-refractivity contribution in [1.29, 1.82) is 0 Å². The lowest BCUT2D eigenvalue weighted by Gasteiger charge is -2.36. The van der Waals surface area contributed by atoms with E-state index in [1.54, 1.807) is 17.0 Å². The number of carboxylic acids is 1. The Balaban J connectivity index is 2.19. The highest BCUT2D eigenvalue weighted by Gasteiger charge is 2.37. The molecule has 4 nitrogen and oxygen atoms in total. The SMILES string of the molecule is CC(C)(C(=O)N1CCCC(C(=O)O)C1)c1cccc(Cl)c1. The number of rotatable bonds is 3. The molecule has 1 aliphatic rings. The van der Waals surface area contributed by atoms with E-state index >= 15 is 0 Å². The summed E-state index contributed by atoms with van der Waals surface area (Å²) < 4.78 is 0. The molecular formula is C16H20ClNO3. The van der Waals surface area contributed by atoms with Gasteiger partial charge in [0, 0.05) is 18.1 Å². The van der Waals surface area contributed by atoms with Crippen LogP contribution in [0.5, 0.6) is 0 Å². The van der Waals surface area contributed by atoms with Crippen molar-refractivity contribution in [2.45, 2.75) is 32.1 Å². The van der Waals surface area contributed by atoms with Crippen molar-refractivity contribution in [1.82, 2.24) is 4.90 Å². The molecule has 1 aromatic rings. The Morgan fingerprint density at radius 1 is 1.38 bits per heavy atom. The van der Waals surface area contributed by atoms with Gasteiger partial charge in [0.05, 0.1) is 11.3 Å². The maximum absolute atomic E-state index is 12.8. The number of aliphatic carboxylic acids is 1. The molecular weight excluding hydrogens is 290 g/mol. The van der Waals surface area contributed by atoms with Gasteiger partial charge in [-0.2, -0.15) is 0 Å². The number of carbonyl (C=O) groups is 2. The highest BCUT2D eigenvalue weighted by atomic mass is 35.5. The van der Waals surface area contributed by atoms with Gasteiger partial charge in [0.15, 0.2) is 0 Å². The number of amides is 1. The van der Waals surface area contributed by atoms with Crippen LogP contribution in [0.1, 0.15) is 32.3 Å². The van der Waals surface area contributed by atoms with E-state index in [1.165, 1.54) is 0 Å². The second-order valence-electron chi connectivity index (χ2n) is 6.06. The van der Waals surface area contributed by atoms with Crippen LogP contribution >= 0.6 is 11.6 Å². The number of hydrogen-bond donors (Lipinski definition) is 1. The lowest BCUT2D eigenvalue weighted by molar-refractivity contribution is -0.147. The molecule has 0 spiro atoms. The Hall–Kier alpha value is -1.55. The van der Waals surface area contributed by atoms with Crippen LogP contribution in [0.4, 0.5) is 0 Å². The van der Waals surface area contributed by atoms with Crippen molar-refractivity contribution in [3.8, 4) is 0 Å². The number of carbonyl (C=O) groups excluding carboxylic acids is 1. The van der Waals surface area contributed by atoms with Gasteiger partial charge in [-0.25, -0.2) is 0 Å². The third-order valence-corrected chi connectivity index (χ3v) is 4.37. The number of benzene rings is 1. The van der Waals surface area contributed by atoms with E-state index < -0.39 is 17.3 Å². The van der Waals surface area contributed by atoms with E-state index in [0.717, 1.165) is 12.0 Å². The first kappa shape index (κ1) is 15.8.